The highest BCUT2D eigenvalue weighted by molar-refractivity contribution is 7.47. The van der Waals surface area contributed by atoms with Crippen LogP contribution in [0.3, 0.4) is 0 Å². The molecule has 2 aliphatic heterocycles. The molecular formula is C75H141O24P. The fourth-order valence-corrected chi connectivity index (χ4v) is 14.4. The zero-order chi connectivity index (χ0) is 73.3. The number of carbonyl (C=O) groups excluding carboxylic acids is 3. The lowest BCUT2D eigenvalue weighted by atomic mass is 9.84. The van der Waals surface area contributed by atoms with E-state index in [2.05, 4.69) is 27.7 Å². The number of phosphoric acid groups is 1. The number of hydrogen-bond donors (Lipinski definition) is 11. The Kier molecular flexibility index (Phi) is 51.9. The third-order valence-corrected chi connectivity index (χ3v) is 21.0. The summed E-state index contributed by atoms with van der Waals surface area (Å²) in [5.74, 6) is -1.28. The number of aliphatic hydroxyl groups is 10. The summed E-state index contributed by atoms with van der Waals surface area (Å²) in [6.45, 7) is 5.81. The van der Waals surface area contributed by atoms with Gasteiger partial charge in [-0.15, -0.1) is 0 Å². The molecule has 3 rings (SSSR count). The quantitative estimate of drug-likeness (QED) is 0.0117. The first-order chi connectivity index (χ1) is 48.2. The molecule has 11 N–H and O–H groups in total. The molecule has 24 nitrogen and oxygen atoms in total. The van der Waals surface area contributed by atoms with Gasteiger partial charge in [0.05, 0.1) is 13.2 Å². The standard InChI is InChI=1S/C75H141O24P/c1-5-8-11-14-17-19-21-23-24-25-26-27-29-30-32-38-44-49-60(78)92-54-58-63(81)65(83)70(88)75(96-58)98-72-68(86)66(84)67(85)71(97-74-69(87)64(82)62(80)57(51-76)95-74)73(72)99-100(89,90)93-53-56(94-61(79)50-45-40-33-31-28-22-20-18-15-12-9-6-2)52-91-59(77)48-43-39-35-34-37-42-47-55(4)46-41-36-16-13-10-7-3/h55-58,62-76,80-88H,5-54H2,1-4H3,(H,89,90). The van der Waals surface area contributed by atoms with Gasteiger partial charge in [0.15, 0.2) is 18.7 Å². The SMILES string of the molecule is CCCCCCCCCCCCCCCCCCCC(=O)OCC1OC(OC2C(O)C(O)C(O)C(OC3OC(CO)C(O)C(O)C3O)C2OP(=O)(O)OCC(COC(=O)CCCCCCCCC(C)CCCCCCCC)OC(=O)CCCCCCCCCCCCCC)C(O)C(O)C1O. The molecule has 3 fully saturated rings. The average molecular weight is 1460 g/mol. The van der Waals surface area contributed by atoms with Crippen LogP contribution in [-0.2, 0) is 61.2 Å². The van der Waals surface area contributed by atoms with E-state index in [0.717, 1.165) is 96.3 Å². The molecule has 1 saturated carbocycles. The molecule has 3 aliphatic rings. The van der Waals surface area contributed by atoms with E-state index in [0.29, 0.717) is 25.2 Å². The predicted octanol–water partition coefficient (Wildman–Crippen LogP) is 11.6. The number of unbranched alkanes of at least 4 members (excludes halogenated alkanes) is 37. The van der Waals surface area contributed by atoms with E-state index >= 15 is 0 Å². The second-order valence-corrected chi connectivity index (χ2v) is 30.5. The van der Waals surface area contributed by atoms with Crippen molar-refractivity contribution >= 4 is 25.7 Å². The van der Waals surface area contributed by atoms with Gasteiger partial charge in [0, 0.05) is 19.3 Å². The summed E-state index contributed by atoms with van der Waals surface area (Å²) in [6.07, 6.45) is 13.0. The molecule has 0 radical (unpaired) electrons. The molecule has 0 amide bonds. The van der Waals surface area contributed by atoms with E-state index in [-0.39, 0.29) is 19.3 Å². The van der Waals surface area contributed by atoms with Gasteiger partial charge < -0.3 is 89.1 Å². The van der Waals surface area contributed by atoms with Crippen molar-refractivity contribution in [3.8, 4) is 0 Å². The number of phosphoric ester groups is 1. The van der Waals surface area contributed by atoms with Crippen LogP contribution in [0.1, 0.15) is 323 Å². The van der Waals surface area contributed by atoms with Gasteiger partial charge in [0.1, 0.15) is 98.7 Å². The zero-order valence-corrected chi connectivity index (χ0v) is 62.8. The minimum Gasteiger partial charge on any atom is -0.463 e. The van der Waals surface area contributed by atoms with Crippen LogP contribution in [0.25, 0.3) is 0 Å². The Bertz CT molecular complexity index is 2080. The maximum absolute atomic E-state index is 14.4. The second-order valence-electron chi connectivity index (χ2n) is 29.1. The van der Waals surface area contributed by atoms with Crippen molar-refractivity contribution in [2.24, 2.45) is 5.92 Å². The first kappa shape index (κ1) is 92.2. The molecule has 0 aromatic carbocycles. The number of aliphatic hydroxyl groups excluding tert-OH is 10. The molecule has 2 saturated heterocycles. The Morgan fingerprint density at radius 2 is 0.700 bits per heavy atom. The monoisotopic (exact) mass is 1460 g/mol. The van der Waals surface area contributed by atoms with E-state index in [1.807, 2.05) is 0 Å². The minimum absolute atomic E-state index is 0.0339. The van der Waals surface area contributed by atoms with Gasteiger partial charge in [-0.05, 0) is 25.2 Å². The highest BCUT2D eigenvalue weighted by atomic mass is 31.2. The third kappa shape index (κ3) is 39.0. The predicted molar refractivity (Wildman–Crippen MR) is 379 cm³/mol. The maximum Gasteiger partial charge on any atom is 0.472 e. The molecule has 590 valence electrons. The van der Waals surface area contributed by atoms with Crippen molar-refractivity contribution in [3.63, 3.8) is 0 Å². The van der Waals surface area contributed by atoms with Crippen molar-refractivity contribution in [1.82, 2.24) is 0 Å². The van der Waals surface area contributed by atoms with E-state index in [1.165, 1.54) is 161 Å². The molecule has 0 aromatic rings. The number of hydrogen-bond acceptors (Lipinski definition) is 23. The van der Waals surface area contributed by atoms with Crippen LogP contribution < -0.4 is 0 Å². The van der Waals surface area contributed by atoms with Gasteiger partial charge in [0.25, 0.3) is 0 Å². The number of esters is 3. The van der Waals surface area contributed by atoms with Gasteiger partial charge in [-0.1, -0.05) is 285 Å². The lowest BCUT2D eigenvalue weighted by Gasteiger charge is -2.49. The fraction of sp³-hybridized carbons (Fsp3) is 0.960. The lowest BCUT2D eigenvalue weighted by molar-refractivity contribution is -0.360. The van der Waals surface area contributed by atoms with Crippen molar-refractivity contribution < 1.29 is 117 Å². The summed E-state index contributed by atoms with van der Waals surface area (Å²) in [6, 6.07) is 0. The summed E-state index contributed by atoms with van der Waals surface area (Å²) in [7, 11) is -5.69. The molecular weight excluding hydrogens is 1320 g/mol. The van der Waals surface area contributed by atoms with E-state index in [9.17, 15) is 74.9 Å². The average Bonchev–Trinajstić information content (AvgIpc) is 0.765. The Balaban J connectivity index is 1.71. The topological polar surface area (TPSA) is 374 Å². The van der Waals surface area contributed by atoms with Crippen LogP contribution in [-0.4, -0.2) is 204 Å². The first-order valence-electron chi connectivity index (χ1n) is 39.7. The van der Waals surface area contributed by atoms with E-state index < -0.39 is 156 Å². The molecule has 100 heavy (non-hydrogen) atoms. The van der Waals surface area contributed by atoms with Gasteiger partial charge in [-0.2, -0.15) is 0 Å². The number of carbonyl (C=O) groups is 3. The van der Waals surface area contributed by atoms with Crippen LogP contribution in [0.2, 0.25) is 0 Å². The maximum atomic E-state index is 14.4. The van der Waals surface area contributed by atoms with Crippen molar-refractivity contribution in [1.29, 1.82) is 0 Å². The molecule has 19 atom stereocenters. The summed E-state index contributed by atoms with van der Waals surface area (Å²) >= 11 is 0. The summed E-state index contributed by atoms with van der Waals surface area (Å²) in [5.41, 5.74) is 0. The Labute approximate surface area is 600 Å². The minimum atomic E-state index is -5.69. The summed E-state index contributed by atoms with van der Waals surface area (Å²) < 4.78 is 65.2. The summed E-state index contributed by atoms with van der Waals surface area (Å²) in [5, 5.41) is 110. The Morgan fingerprint density at radius 1 is 0.380 bits per heavy atom. The number of ether oxygens (including phenoxy) is 7. The van der Waals surface area contributed by atoms with Crippen molar-refractivity contribution in [3.05, 3.63) is 0 Å². The molecule has 0 aromatic heterocycles. The molecule has 19 unspecified atom stereocenters. The highest BCUT2D eigenvalue weighted by Gasteiger charge is 2.58. The zero-order valence-electron chi connectivity index (χ0n) is 61.9. The van der Waals surface area contributed by atoms with Gasteiger partial charge >= 0.3 is 25.7 Å². The van der Waals surface area contributed by atoms with Crippen LogP contribution in [0.4, 0.5) is 0 Å². The third-order valence-electron chi connectivity index (χ3n) is 20.0. The molecule has 1 aliphatic carbocycles. The number of rotatable bonds is 62. The molecule has 0 bridgehead atoms. The van der Waals surface area contributed by atoms with Crippen molar-refractivity contribution in [2.75, 3.05) is 26.4 Å². The van der Waals surface area contributed by atoms with Crippen LogP contribution >= 0.6 is 7.82 Å². The van der Waals surface area contributed by atoms with Gasteiger partial charge in [0.2, 0.25) is 0 Å². The molecule has 0 spiro atoms. The van der Waals surface area contributed by atoms with E-state index in [1.54, 1.807) is 0 Å². The van der Waals surface area contributed by atoms with Crippen molar-refractivity contribution in [2.45, 2.75) is 427 Å². The fourth-order valence-electron chi connectivity index (χ4n) is 13.5. The molecule has 25 heteroatoms. The smallest absolute Gasteiger partial charge is 0.463 e. The van der Waals surface area contributed by atoms with Crippen LogP contribution in [0, 0.1) is 5.92 Å². The largest absolute Gasteiger partial charge is 0.472 e. The second kappa shape index (κ2) is 56.3. The normalized spacial score (nSPS) is 27.6. The van der Waals surface area contributed by atoms with Crippen LogP contribution in [0.15, 0.2) is 0 Å². The van der Waals surface area contributed by atoms with Gasteiger partial charge in [-0.3, -0.25) is 23.4 Å². The molecule has 2 heterocycles. The highest BCUT2D eigenvalue weighted by Crippen LogP contribution is 2.49. The Hall–Kier alpha value is -2.04. The van der Waals surface area contributed by atoms with Gasteiger partial charge in [-0.25, -0.2) is 4.57 Å². The lowest BCUT2D eigenvalue weighted by Crippen LogP contribution is -2.69. The summed E-state index contributed by atoms with van der Waals surface area (Å²) in [4.78, 5) is 51.1. The van der Waals surface area contributed by atoms with E-state index in [4.69, 9.17) is 42.2 Å². The van der Waals surface area contributed by atoms with Crippen LogP contribution in [0.5, 0.6) is 0 Å². The first-order valence-corrected chi connectivity index (χ1v) is 41.2. The Morgan fingerprint density at radius 3 is 1.08 bits per heavy atom.